The van der Waals surface area contributed by atoms with Gasteiger partial charge in [-0.15, -0.1) is 0 Å². The highest BCUT2D eigenvalue weighted by Gasteiger charge is 2.38. The van der Waals surface area contributed by atoms with Gasteiger partial charge in [-0.05, 0) is 66.6 Å². The standard InChI is InChI=1S/C25H26N6O4S/c1-4-18(14-31(3)36(34,35)19-5-6-19)29-24(32)25(33)30-23-11-17-9-16(10-22(26)21(17)13-28-23)20-12-27-8-7-15(20)2/h4,7-14,19H,1,5-6,26H2,2-3H3,(H,29,32)(H,28,30,33)/b18-14+. The average molecular weight is 507 g/mol. The topological polar surface area (TPSA) is 147 Å². The van der Waals surface area contributed by atoms with Crippen LogP contribution in [-0.4, -0.2) is 46.8 Å². The van der Waals surface area contributed by atoms with Gasteiger partial charge in [0.25, 0.3) is 0 Å². The van der Waals surface area contributed by atoms with Crippen LogP contribution in [0.3, 0.4) is 0 Å². The Morgan fingerprint density at radius 3 is 2.61 bits per heavy atom. The predicted octanol–water partition coefficient (Wildman–Crippen LogP) is 2.69. The van der Waals surface area contributed by atoms with Crippen LogP contribution in [0.2, 0.25) is 0 Å². The van der Waals surface area contributed by atoms with Gasteiger partial charge in [-0.3, -0.25) is 18.9 Å². The molecule has 2 aromatic heterocycles. The van der Waals surface area contributed by atoms with Crippen molar-refractivity contribution in [1.29, 1.82) is 0 Å². The van der Waals surface area contributed by atoms with E-state index in [1.54, 1.807) is 18.5 Å². The summed E-state index contributed by atoms with van der Waals surface area (Å²) in [6.07, 6.45) is 8.66. The number of carbonyl (C=O) groups excluding carboxylic acids is 2. The van der Waals surface area contributed by atoms with Crippen molar-refractivity contribution in [3.63, 3.8) is 0 Å². The number of nitrogens with zero attached hydrogens (tertiary/aromatic N) is 3. The molecule has 3 aromatic rings. The smallest absolute Gasteiger partial charge is 0.315 e. The molecule has 0 atom stereocenters. The third kappa shape index (κ3) is 5.20. The van der Waals surface area contributed by atoms with E-state index in [1.165, 1.54) is 25.5 Å². The van der Waals surface area contributed by atoms with Gasteiger partial charge in [0.1, 0.15) is 5.82 Å². The normalized spacial score (nSPS) is 13.8. The Bertz CT molecular complexity index is 1510. The van der Waals surface area contributed by atoms with Crippen molar-refractivity contribution in [2.24, 2.45) is 0 Å². The molecule has 0 bridgehead atoms. The van der Waals surface area contributed by atoms with E-state index in [4.69, 9.17) is 5.73 Å². The molecular weight excluding hydrogens is 480 g/mol. The molecule has 10 nitrogen and oxygen atoms in total. The Kier molecular flexibility index (Phi) is 6.75. The van der Waals surface area contributed by atoms with Gasteiger partial charge in [-0.2, -0.15) is 0 Å². The molecule has 11 heteroatoms. The largest absolute Gasteiger partial charge is 0.398 e. The number of fused-ring (bicyclic) bond motifs is 1. The molecular formula is C25H26N6O4S. The zero-order chi connectivity index (χ0) is 26.0. The second-order valence-corrected chi connectivity index (χ2v) is 10.8. The molecule has 186 valence electrons. The summed E-state index contributed by atoms with van der Waals surface area (Å²) in [6, 6.07) is 7.26. The Hall–Kier alpha value is -4.25. The van der Waals surface area contributed by atoms with Crippen LogP contribution in [0.5, 0.6) is 0 Å². The van der Waals surface area contributed by atoms with Gasteiger partial charge in [0.2, 0.25) is 10.0 Å². The summed E-state index contributed by atoms with van der Waals surface area (Å²) in [5.74, 6) is -1.83. The predicted molar refractivity (Wildman–Crippen MR) is 139 cm³/mol. The number of carbonyl (C=O) groups is 2. The number of nitrogens with one attached hydrogen (secondary N) is 2. The molecule has 0 unspecified atom stereocenters. The Morgan fingerprint density at radius 2 is 1.94 bits per heavy atom. The maximum atomic E-state index is 12.5. The molecule has 0 aliphatic heterocycles. The van der Waals surface area contributed by atoms with Gasteiger partial charge in [-0.25, -0.2) is 13.4 Å². The summed E-state index contributed by atoms with van der Waals surface area (Å²) >= 11 is 0. The number of rotatable bonds is 7. The molecule has 0 spiro atoms. The van der Waals surface area contributed by atoms with Crippen LogP contribution in [0.15, 0.2) is 67.4 Å². The van der Waals surface area contributed by atoms with E-state index in [9.17, 15) is 18.0 Å². The van der Waals surface area contributed by atoms with Crippen molar-refractivity contribution in [3.8, 4) is 11.1 Å². The van der Waals surface area contributed by atoms with Gasteiger partial charge in [0, 0.05) is 48.5 Å². The van der Waals surface area contributed by atoms with Crippen molar-refractivity contribution in [3.05, 3.63) is 73.0 Å². The summed E-state index contributed by atoms with van der Waals surface area (Å²) in [5, 5.41) is 5.82. The molecule has 2 amide bonds. The second-order valence-electron chi connectivity index (χ2n) is 8.50. The van der Waals surface area contributed by atoms with Crippen LogP contribution < -0.4 is 16.4 Å². The lowest BCUT2D eigenvalue weighted by molar-refractivity contribution is -0.135. The van der Waals surface area contributed by atoms with E-state index in [2.05, 4.69) is 27.2 Å². The fourth-order valence-electron chi connectivity index (χ4n) is 3.64. The highest BCUT2D eigenvalue weighted by molar-refractivity contribution is 7.90. The molecule has 0 radical (unpaired) electrons. The summed E-state index contributed by atoms with van der Waals surface area (Å²) in [4.78, 5) is 33.3. The quantitative estimate of drug-likeness (QED) is 0.253. The van der Waals surface area contributed by atoms with E-state index in [0.29, 0.717) is 23.9 Å². The van der Waals surface area contributed by atoms with Crippen molar-refractivity contribution >= 4 is 44.1 Å². The summed E-state index contributed by atoms with van der Waals surface area (Å²) < 4.78 is 25.6. The van der Waals surface area contributed by atoms with Crippen molar-refractivity contribution in [2.75, 3.05) is 18.1 Å². The third-order valence-corrected chi connectivity index (χ3v) is 8.03. The molecule has 0 saturated heterocycles. The third-order valence-electron chi connectivity index (χ3n) is 5.81. The number of pyridine rings is 2. The first-order valence-corrected chi connectivity index (χ1v) is 12.6. The minimum absolute atomic E-state index is 0.0672. The number of hydrogen-bond acceptors (Lipinski definition) is 7. The molecule has 1 fully saturated rings. The number of anilines is 2. The first kappa shape index (κ1) is 24.9. The van der Waals surface area contributed by atoms with Gasteiger partial charge in [-0.1, -0.05) is 6.58 Å². The zero-order valence-corrected chi connectivity index (χ0v) is 20.7. The summed E-state index contributed by atoms with van der Waals surface area (Å²) in [6.45, 7) is 5.54. The number of nitrogen functional groups attached to an aromatic ring is 1. The maximum absolute atomic E-state index is 12.5. The first-order valence-electron chi connectivity index (χ1n) is 11.1. The lowest BCUT2D eigenvalue weighted by Gasteiger charge is -2.16. The van der Waals surface area contributed by atoms with Crippen molar-refractivity contribution in [1.82, 2.24) is 19.6 Å². The fraction of sp³-hybridized carbons (Fsp3) is 0.200. The number of sulfonamides is 1. The summed E-state index contributed by atoms with van der Waals surface area (Å²) in [7, 11) is -2.12. The minimum atomic E-state index is -3.49. The van der Waals surface area contributed by atoms with E-state index in [0.717, 1.165) is 26.4 Å². The van der Waals surface area contributed by atoms with E-state index < -0.39 is 27.1 Å². The van der Waals surface area contributed by atoms with Crippen LogP contribution in [0, 0.1) is 6.92 Å². The van der Waals surface area contributed by atoms with Crippen LogP contribution >= 0.6 is 0 Å². The van der Waals surface area contributed by atoms with Gasteiger partial charge in [0.15, 0.2) is 0 Å². The zero-order valence-electron chi connectivity index (χ0n) is 19.9. The number of amides is 2. The fourth-order valence-corrected chi connectivity index (χ4v) is 5.11. The molecule has 36 heavy (non-hydrogen) atoms. The van der Waals surface area contributed by atoms with Gasteiger partial charge in [0.05, 0.1) is 10.9 Å². The number of aryl methyl sites for hydroxylation is 1. The Balaban J connectivity index is 1.51. The van der Waals surface area contributed by atoms with Crippen LogP contribution in [-0.2, 0) is 19.6 Å². The monoisotopic (exact) mass is 506 g/mol. The highest BCUT2D eigenvalue weighted by atomic mass is 32.2. The van der Waals surface area contributed by atoms with Gasteiger partial charge < -0.3 is 16.4 Å². The molecule has 1 aliphatic rings. The minimum Gasteiger partial charge on any atom is -0.398 e. The SMILES string of the molecule is C=C/C(=C\N(C)S(=O)(=O)C1CC1)NC(=O)C(=O)Nc1cc2cc(-c3cnccc3C)cc(N)c2cn1. The van der Waals surface area contributed by atoms with Crippen LogP contribution in [0.25, 0.3) is 21.9 Å². The molecule has 2 heterocycles. The van der Waals surface area contributed by atoms with E-state index in [-0.39, 0.29) is 11.5 Å². The number of nitrogens with two attached hydrogens (primary N) is 1. The molecule has 1 saturated carbocycles. The van der Waals surface area contributed by atoms with E-state index >= 15 is 0 Å². The molecule has 1 aliphatic carbocycles. The highest BCUT2D eigenvalue weighted by Crippen LogP contribution is 2.32. The molecule has 4 N–H and O–H groups in total. The Labute approximate surface area is 209 Å². The van der Waals surface area contributed by atoms with Crippen LogP contribution in [0.4, 0.5) is 11.5 Å². The van der Waals surface area contributed by atoms with Crippen molar-refractivity contribution < 1.29 is 18.0 Å². The van der Waals surface area contributed by atoms with Crippen LogP contribution in [0.1, 0.15) is 18.4 Å². The second kappa shape index (κ2) is 9.78. The number of aromatic nitrogens is 2. The molecule has 4 rings (SSSR count). The van der Waals surface area contributed by atoms with Crippen molar-refractivity contribution in [2.45, 2.75) is 25.0 Å². The Morgan fingerprint density at radius 1 is 1.19 bits per heavy atom. The number of allylic oxidation sites excluding steroid dienone is 1. The average Bonchev–Trinajstić information content (AvgIpc) is 3.69. The first-order chi connectivity index (χ1) is 17.1. The number of hydrogen-bond donors (Lipinski definition) is 3. The lowest BCUT2D eigenvalue weighted by Crippen LogP contribution is -2.36. The number of benzene rings is 1. The lowest BCUT2D eigenvalue weighted by atomic mass is 9.99. The summed E-state index contributed by atoms with van der Waals surface area (Å²) in [5.41, 5.74) is 9.63. The van der Waals surface area contributed by atoms with Gasteiger partial charge >= 0.3 is 11.8 Å². The van der Waals surface area contributed by atoms with E-state index in [1.807, 2.05) is 25.1 Å². The maximum Gasteiger partial charge on any atom is 0.315 e. The molecule has 1 aromatic carbocycles.